The molecule has 2 heterocycles. The van der Waals surface area contributed by atoms with E-state index in [2.05, 4.69) is 45.0 Å². The number of halogens is 3. The van der Waals surface area contributed by atoms with Gasteiger partial charge in [-0.3, -0.25) is 9.69 Å². The molecule has 0 radical (unpaired) electrons. The Morgan fingerprint density at radius 2 is 1.87 bits per heavy atom. The van der Waals surface area contributed by atoms with Gasteiger partial charge in [-0.1, -0.05) is 68.1 Å². The number of rotatable bonds is 8. The van der Waals surface area contributed by atoms with Crippen molar-refractivity contribution >= 4 is 51.9 Å². The molecular formula is C33H31F3N6O2S2. The third-order valence-corrected chi connectivity index (χ3v) is 8.04. The molecule has 0 spiro atoms. The van der Waals surface area contributed by atoms with E-state index in [-0.39, 0.29) is 28.7 Å². The van der Waals surface area contributed by atoms with Crippen molar-refractivity contribution in [2.24, 2.45) is 4.99 Å². The van der Waals surface area contributed by atoms with E-state index in [1.807, 2.05) is 62.4 Å². The van der Waals surface area contributed by atoms with Gasteiger partial charge in [-0.25, -0.2) is 9.67 Å². The van der Waals surface area contributed by atoms with Gasteiger partial charge in [0.15, 0.2) is 16.1 Å². The quantitative estimate of drug-likeness (QED) is 0.194. The van der Waals surface area contributed by atoms with Crippen molar-refractivity contribution < 1.29 is 22.7 Å². The molecule has 1 N–H and O–H groups in total. The van der Waals surface area contributed by atoms with Crippen LogP contribution in [0.2, 0.25) is 0 Å². The van der Waals surface area contributed by atoms with Crippen LogP contribution in [0.1, 0.15) is 43.4 Å². The highest BCUT2D eigenvalue weighted by Crippen LogP contribution is 2.34. The van der Waals surface area contributed by atoms with Gasteiger partial charge in [-0.05, 0) is 85.1 Å². The van der Waals surface area contributed by atoms with Crippen LogP contribution in [0.3, 0.4) is 0 Å². The summed E-state index contributed by atoms with van der Waals surface area (Å²) < 4.78 is 42.8. The molecule has 46 heavy (non-hydrogen) atoms. The van der Waals surface area contributed by atoms with Crippen molar-refractivity contribution in [3.8, 4) is 22.8 Å². The summed E-state index contributed by atoms with van der Waals surface area (Å²) in [5.74, 6) is 0.647. The lowest BCUT2D eigenvalue weighted by atomic mass is 9.99. The fourth-order valence-corrected chi connectivity index (χ4v) is 5.93. The minimum atomic E-state index is -4.76. The van der Waals surface area contributed by atoms with Crippen LogP contribution in [0.15, 0.2) is 84.1 Å². The van der Waals surface area contributed by atoms with Gasteiger partial charge in [0.05, 0.1) is 17.1 Å². The number of nitrogens with zero attached hydrogens (tertiary/aromatic N) is 5. The number of amidine groups is 1. The van der Waals surface area contributed by atoms with E-state index in [4.69, 9.17) is 12.2 Å². The number of alkyl halides is 3. The normalized spacial score (nSPS) is 15.3. The molecule has 1 aliphatic rings. The van der Waals surface area contributed by atoms with E-state index in [1.165, 1.54) is 47.0 Å². The SMILES string of the molecule is Cc1ccc(C(C)C)c(N2C(=O)CS/C2=N\C(=S)NC(C)/C=C/c2cccc(-c3ncn(-c4ccc(OC(F)(F)F)cc4)n3)c2)c1. The van der Waals surface area contributed by atoms with Gasteiger partial charge in [-0.15, -0.1) is 18.3 Å². The van der Waals surface area contributed by atoms with Crippen molar-refractivity contribution in [3.63, 3.8) is 0 Å². The lowest BCUT2D eigenvalue weighted by molar-refractivity contribution is -0.274. The number of carbonyl (C=O) groups excluding carboxylic acids is 1. The lowest BCUT2D eigenvalue weighted by Crippen LogP contribution is -2.34. The molecule has 1 saturated heterocycles. The molecular weight excluding hydrogens is 634 g/mol. The van der Waals surface area contributed by atoms with E-state index < -0.39 is 6.36 Å². The summed E-state index contributed by atoms with van der Waals surface area (Å²) >= 11 is 6.92. The number of aromatic nitrogens is 3. The molecule has 5 rings (SSSR count). The summed E-state index contributed by atoms with van der Waals surface area (Å²) in [4.78, 5) is 23.5. The summed E-state index contributed by atoms with van der Waals surface area (Å²) in [5.41, 5.74) is 5.17. The van der Waals surface area contributed by atoms with E-state index in [0.717, 1.165) is 27.9 Å². The molecule has 1 amide bonds. The van der Waals surface area contributed by atoms with Crippen molar-refractivity contribution in [2.75, 3.05) is 10.7 Å². The summed E-state index contributed by atoms with van der Waals surface area (Å²) in [6.07, 6.45) is 0.624. The number of hydrogen-bond donors (Lipinski definition) is 1. The number of amides is 1. The van der Waals surface area contributed by atoms with Gasteiger partial charge in [0, 0.05) is 11.6 Å². The Kier molecular flexibility index (Phi) is 9.92. The molecule has 0 aliphatic carbocycles. The monoisotopic (exact) mass is 664 g/mol. The first-order valence-electron chi connectivity index (χ1n) is 14.4. The lowest BCUT2D eigenvalue weighted by Gasteiger charge is -2.22. The molecule has 8 nitrogen and oxygen atoms in total. The molecule has 4 aromatic rings. The fraction of sp³-hybridized carbons (Fsp3) is 0.242. The zero-order valence-electron chi connectivity index (χ0n) is 25.4. The number of carbonyl (C=O) groups is 1. The maximum atomic E-state index is 12.9. The first kappa shape index (κ1) is 32.9. The zero-order valence-corrected chi connectivity index (χ0v) is 27.1. The fourth-order valence-electron chi connectivity index (χ4n) is 4.74. The van der Waals surface area contributed by atoms with Crippen LogP contribution in [-0.2, 0) is 4.79 Å². The molecule has 238 valence electrons. The topological polar surface area (TPSA) is 84.6 Å². The van der Waals surface area contributed by atoms with Gasteiger partial charge >= 0.3 is 6.36 Å². The van der Waals surface area contributed by atoms with Crippen molar-refractivity contribution in [2.45, 2.75) is 46.0 Å². The molecule has 0 saturated carbocycles. The number of aryl methyl sites for hydroxylation is 1. The number of thiocarbonyl (C=S) groups is 1. The minimum absolute atomic E-state index is 0.0281. The first-order chi connectivity index (χ1) is 21.9. The Morgan fingerprint density at radius 3 is 2.59 bits per heavy atom. The third kappa shape index (κ3) is 8.20. The van der Waals surface area contributed by atoms with Crippen molar-refractivity contribution in [3.05, 3.63) is 95.8 Å². The van der Waals surface area contributed by atoms with Crippen LogP contribution < -0.4 is 15.0 Å². The Labute approximate surface area is 274 Å². The number of aliphatic imine (C=N–C) groups is 1. The second-order valence-electron chi connectivity index (χ2n) is 10.9. The summed E-state index contributed by atoms with van der Waals surface area (Å²) in [7, 11) is 0. The predicted octanol–water partition coefficient (Wildman–Crippen LogP) is 7.68. The molecule has 3 aromatic carbocycles. The molecule has 13 heteroatoms. The van der Waals surface area contributed by atoms with Crippen LogP contribution in [0, 0.1) is 6.92 Å². The Balaban J connectivity index is 1.24. The molecule has 1 fully saturated rings. The molecule has 0 bridgehead atoms. The highest BCUT2D eigenvalue weighted by molar-refractivity contribution is 8.15. The van der Waals surface area contributed by atoms with Crippen molar-refractivity contribution in [1.29, 1.82) is 0 Å². The number of benzene rings is 3. The second kappa shape index (κ2) is 13.9. The zero-order chi connectivity index (χ0) is 33.0. The van der Waals surface area contributed by atoms with E-state index in [0.29, 0.717) is 22.4 Å². The van der Waals surface area contributed by atoms with E-state index in [1.54, 1.807) is 4.90 Å². The van der Waals surface area contributed by atoms with Crippen LogP contribution in [0.25, 0.3) is 23.2 Å². The van der Waals surface area contributed by atoms with Gasteiger partial charge in [0.25, 0.3) is 0 Å². The summed E-state index contributed by atoms with van der Waals surface area (Å²) in [6, 6.07) is 18.9. The molecule has 1 aromatic heterocycles. The van der Waals surface area contributed by atoms with Crippen molar-refractivity contribution in [1.82, 2.24) is 20.1 Å². The number of nitrogens with one attached hydrogen (secondary N) is 1. The molecule has 1 atom stereocenters. The Hall–Kier alpha value is -4.49. The average molecular weight is 665 g/mol. The summed E-state index contributed by atoms with van der Waals surface area (Å²) in [6.45, 7) is 8.14. The van der Waals surface area contributed by atoms with Gasteiger partial charge in [-0.2, -0.15) is 4.99 Å². The van der Waals surface area contributed by atoms with Crippen LogP contribution >= 0.6 is 24.0 Å². The third-order valence-electron chi connectivity index (χ3n) is 6.91. The average Bonchev–Trinajstić information content (AvgIpc) is 3.62. The number of ether oxygens (including phenoxy) is 1. The summed E-state index contributed by atoms with van der Waals surface area (Å²) in [5, 5.41) is 8.51. The Bertz CT molecular complexity index is 1800. The standard InChI is InChI=1S/C33H31F3N6O2S2/c1-20(2)27-15-8-21(3)16-28(27)42-29(43)18-46-32(42)39-31(45)38-22(4)9-10-23-6-5-7-24(17-23)30-37-19-41(40-30)25-11-13-26(14-12-25)44-33(34,35)36/h5-17,19-20,22H,18H2,1-4H3,(H,38,45)/b10-9+,39-32-. The minimum Gasteiger partial charge on any atom is -0.406 e. The predicted molar refractivity (Wildman–Crippen MR) is 180 cm³/mol. The van der Waals surface area contributed by atoms with Gasteiger partial charge in [0.1, 0.15) is 12.1 Å². The maximum absolute atomic E-state index is 12.9. The smallest absolute Gasteiger partial charge is 0.406 e. The van der Waals surface area contributed by atoms with Crippen LogP contribution in [0.4, 0.5) is 18.9 Å². The van der Waals surface area contributed by atoms with Crippen LogP contribution in [-0.4, -0.2) is 49.1 Å². The first-order valence-corrected chi connectivity index (χ1v) is 15.8. The molecule has 1 aliphatic heterocycles. The Morgan fingerprint density at radius 1 is 1.11 bits per heavy atom. The maximum Gasteiger partial charge on any atom is 0.573 e. The molecule has 1 unspecified atom stereocenters. The number of hydrogen-bond acceptors (Lipinski definition) is 6. The van der Waals surface area contributed by atoms with Gasteiger partial charge < -0.3 is 10.1 Å². The largest absolute Gasteiger partial charge is 0.573 e. The highest BCUT2D eigenvalue weighted by Gasteiger charge is 2.32. The van der Waals surface area contributed by atoms with E-state index in [9.17, 15) is 18.0 Å². The van der Waals surface area contributed by atoms with Crippen LogP contribution in [0.5, 0.6) is 5.75 Å². The second-order valence-corrected chi connectivity index (χ2v) is 12.2. The number of anilines is 1. The number of thioether (sulfide) groups is 1. The van der Waals surface area contributed by atoms with E-state index >= 15 is 0 Å². The van der Waals surface area contributed by atoms with Gasteiger partial charge in [0.2, 0.25) is 5.91 Å². The highest BCUT2D eigenvalue weighted by atomic mass is 32.2.